The van der Waals surface area contributed by atoms with E-state index in [9.17, 15) is 14.7 Å². The van der Waals surface area contributed by atoms with Crippen molar-refractivity contribution in [3.05, 3.63) is 23.3 Å². The Morgan fingerprint density at radius 1 is 1.50 bits per heavy atom. The van der Waals surface area contributed by atoms with Crippen LogP contribution in [0.5, 0.6) is 11.5 Å². The Kier molecular flexibility index (Phi) is 2.86. The molecule has 0 spiro atoms. The summed E-state index contributed by atoms with van der Waals surface area (Å²) in [5.74, 6) is -0.226. The summed E-state index contributed by atoms with van der Waals surface area (Å²) in [6.07, 6.45) is 0.574. The number of phenols is 1. The van der Waals surface area contributed by atoms with Crippen LogP contribution >= 0.6 is 0 Å². The number of Topliss-reactive ketones (excluding diaryl/α,β-unsaturated/α-hetero) is 1. The number of hydrogen-bond donors (Lipinski definition) is 1. The smallest absolute Gasteiger partial charge is 0.163 e. The minimum Gasteiger partial charge on any atom is -0.507 e. The van der Waals surface area contributed by atoms with Crippen LogP contribution in [0.25, 0.3) is 0 Å². The van der Waals surface area contributed by atoms with Crippen molar-refractivity contribution >= 4 is 12.1 Å². The van der Waals surface area contributed by atoms with Crippen molar-refractivity contribution in [1.82, 2.24) is 0 Å². The number of ketones is 1. The number of aldehydes is 1. The molecule has 0 saturated heterocycles. The summed E-state index contributed by atoms with van der Waals surface area (Å²) in [5.41, 5.74) is 0.364. The number of phenolic OH excluding ortho intramolecular Hbond substituents is 1. The third-order valence-corrected chi connectivity index (χ3v) is 1.85. The highest BCUT2D eigenvalue weighted by molar-refractivity contribution is 5.99. The number of ether oxygens (including phenoxy) is 1. The fourth-order valence-electron chi connectivity index (χ4n) is 1.14. The molecule has 1 N–H and O–H groups in total. The second-order valence-corrected chi connectivity index (χ2v) is 2.79. The lowest BCUT2D eigenvalue weighted by Crippen LogP contribution is -1.97. The average molecular weight is 194 g/mol. The molecule has 0 saturated carbocycles. The van der Waals surface area contributed by atoms with Gasteiger partial charge in [0.15, 0.2) is 12.1 Å². The van der Waals surface area contributed by atoms with E-state index in [1.54, 1.807) is 0 Å². The molecule has 0 aliphatic carbocycles. The molecule has 0 bridgehead atoms. The van der Waals surface area contributed by atoms with Crippen LogP contribution in [-0.2, 0) is 0 Å². The van der Waals surface area contributed by atoms with Crippen molar-refractivity contribution in [3.8, 4) is 11.5 Å². The fourth-order valence-corrected chi connectivity index (χ4v) is 1.14. The summed E-state index contributed by atoms with van der Waals surface area (Å²) in [4.78, 5) is 21.6. The molecule has 4 nitrogen and oxygen atoms in total. The van der Waals surface area contributed by atoms with Crippen molar-refractivity contribution in [2.45, 2.75) is 6.92 Å². The maximum Gasteiger partial charge on any atom is 0.163 e. The third-order valence-electron chi connectivity index (χ3n) is 1.85. The van der Waals surface area contributed by atoms with Gasteiger partial charge in [-0.1, -0.05) is 0 Å². The maximum atomic E-state index is 11.0. The van der Waals surface area contributed by atoms with Gasteiger partial charge in [-0.05, 0) is 13.0 Å². The van der Waals surface area contributed by atoms with E-state index in [1.807, 2.05) is 0 Å². The van der Waals surface area contributed by atoms with Gasteiger partial charge in [0.1, 0.15) is 11.5 Å². The van der Waals surface area contributed by atoms with E-state index >= 15 is 0 Å². The van der Waals surface area contributed by atoms with E-state index in [0.29, 0.717) is 6.29 Å². The number of hydrogen-bond acceptors (Lipinski definition) is 4. The second-order valence-electron chi connectivity index (χ2n) is 2.79. The van der Waals surface area contributed by atoms with Gasteiger partial charge in [0, 0.05) is 6.07 Å². The van der Waals surface area contributed by atoms with Crippen LogP contribution in [0.1, 0.15) is 27.6 Å². The molecule has 0 unspecified atom stereocenters. The van der Waals surface area contributed by atoms with E-state index in [-0.39, 0.29) is 28.4 Å². The first kappa shape index (κ1) is 10.2. The molecule has 0 aliphatic heterocycles. The van der Waals surface area contributed by atoms with Crippen molar-refractivity contribution in [2.75, 3.05) is 7.11 Å². The molecule has 74 valence electrons. The fraction of sp³-hybridized carbons (Fsp3) is 0.200. The Labute approximate surface area is 81.1 Å². The second kappa shape index (κ2) is 3.91. The van der Waals surface area contributed by atoms with Crippen LogP contribution in [0, 0.1) is 0 Å². The lowest BCUT2D eigenvalue weighted by atomic mass is 10.1. The van der Waals surface area contributed by atoms with Crippen molar-refractivity contribution in [3.63, 3.8) is 0 Å². The Morgan fingerprint density at radius 2 is 2.14 bits per heavy atom. The molecular formula is C10H10O4. The molecule has 0 fully saturated rings. The first-order valence-corrected chi connectivity index (χ1v) is 3.97. The summed E-state index contributed by atoms with van der Waals surface area (Å²) < 4.78 is 4.85. The summed E-state index contributed by atoms with van der Waals surface area (Å²) >= 11 is 0. The van der Waals surface area contributed by atoms with Crippen LogP contribution in [0.2, 0.25) is 0 Å². The lowest BCUT2D eigenvalue weighted by Gasteiger charge is -2.06. The first-order valence-electron chi connectivity index (χ1n) is 3.97. The molecule has 1 rings (SSSR count). The van der Waals surface area contributed by atoms with Crippen LogP contribution in [0.15, 0.2) is 12.1 Å². The predicted octanol–water partition coefficient (Wildman–Crippen LogP) is 1.42. The molecule has 0 aliphatic rings. The average Bonchev–Trinajstić information content (AvgIpc) is 2.16. The zero-order chi connectivity index (χ0) is 10.7. The zero-order valence-corrected chi connectivity index (χ0v) is 7.90. The topological polar surface area (TPSA) is 63.6 Å². The van der Waals surface area contributed by atoms with E-state index in [2.05, 4.69) is 0 Å². The minimum absolute atomic E-state index is 0.118. The van der Waals surface area contributed by atoms with Crippen LogP contribution in [-0.4, -0.2) is 24.3 Å². The first-order chi connectivity index (χ1) is 6.60. The molecule has 0 heterocycles. The van der Waals surface area contributed by atoms with E-state index in [4.69, 9.17) is 4.74 Å². The summed E-state index contributed by atoms with van der Waals surface area (Å²) in [6.45, 7) is 1.32. The Hall–Kier alpha value is -1.84. The number of carbonyl (C=O) groups excluding carboxylic acids is 2. The number of methoxy groups -OCH3 is 1. The Balaban J connectivity index is 3.37. The Bertz CT molecular complexity index is 382. The van der Waals surface area contributed by atoms with Gasteiger partial charge >= 0.3 is 0 Å². The van der Waals surface area contributed by atoms with E-state index in [1.165, 1.54) is 26.2 Å². The van der Waals surface area contributed by atoms with Gasteiger partial charge in [0.05, 0.1) is 18.2 Å². The summed E-state index contributed by atoms with van der Waals surface area (Å²) in [7, 11) is 1.38. The molecule has 1 aromatic carbocycles. The molecule has 0 radical (unpaired) electrons. The van der Waals surface area contributed by atoms with Gasteiger partial charge in [0.2, 0.25) is 0 Å². The van der Waals surface area contributed by atoms with Gasteiger partial charge in [-0.25, -0.2) is 0 Å². The molecule has 0 aromatic heterocycles. The van der Waals surface area contributed by atoms with Gasteiger partial charge in [0.25, 0.3) is 0 Å². The summed E-state index contributed by atoms with van der Waals surface area (Å²) in [6, 6.07) is 2.56. The molecule has 0 atom stereocenters. The quantitative estimate of drug-likeness (QED) is 0.583. The van der Waals surface area contributed by atoms with E-state index < -0.39 is 0 Å². The Morgan fingerprint density at radius 3 is 2.57 bits per heavy atom. The lowest BCUT2D eigenvalue weighted by molar-refractivity contribution is 0.101. The van der Waals surface area contributed by atoms with Gasteiger partial charge in [-0.3, -0.25) is 9.59 Å². The molecule has 0 amide bonds. The third kappa shape index (κ3) is 1.74. The standard InChI is InChI=1S/C10H10O4/c1-6(12)8-3-7(5-11)10(14-2)4-9(8)13/h3-5,13H,1-2H3. The SMILES string of the molecule is COc1cc(O)c(C(C)=O)cc1C=O. The number of carbonyl (C=O) groups is 2. The van der Waals surface area contributed by atoms with Crippen molar-refractivity contribution < 1.29 is 19.4 Å². The van der Waals surface area contributed by atoms with Gasteiger partial charge < -0.3 is 9.84 Å². The monoisotopic (exact) mass is 194 g/mol. The van der Waals surface area contributed by atoms with E-state index in [0.717, 1.165) is 0 Å². The molecule has 1 aromatic rings. The van der Waals surface area contributed by atoms with Crippen LogP contribution < -0.4 is 4.74 Å². The van der Waals surface area contributed by atoms with Crippen molar-refractivity contribution in [2.24, 2.45) is 0 Å². The molecule has 14 heavy (non-hydrogen) atoms. The largest absolute Gasteiger partial charge is 0.507 e. The van der Waals surface area contributed by atoms with Gasteiger partial charge in [-0.2, -0.15) is 0 Å². The number of benzene rings is 1. The highest BCUT2D eigenvalue weighted by Gasteiger charge is 2.12. The molecular weight excluding hydrogens is 184 g/mol. The minimum atomic E-state index is -0.298. The van der Waals surface area contributed by atoms with Crippen molar-refractivity contribution in [1.29, 1.82) is 0 Å². The van der Waals surface area contributed by atoms with Crippen LogP contribution in [0.3, 0.4) is 0 Å². The molecule has 4 heteroatoms. The highest BCUT2D eigenvalue weighted by Crippen LogP contribution is 2.27. The predicted molar refractivity (Wildman–Crippen MR) is 50.1 cm³/mol. The van der Waals surface area contributed by atoms with Crippen LogP contribution in [0.4, 0.5) is 0 Å². The number of rotatable bonds is 3. The summed E-state index contributed by atoms with van der Waals surface area (Å²) in [5, 5.41) is 9.40. The number of aromatic hydroxyl groups is 1. The normalized spacial score (nSPS) is 9.57. The van der Waals surface area contributed by atoms with Gasteiger partial charge in [-0.15, -0.1) is 0 Å². The highest BCUT2D eigenvalue weighted by atomic mass is 16.5. The maximum absolute atomic E-state index is 11.0. The zero-order valence-electron chi connectivity index (χ0n) is 7.90.